The Morgan fingerprint density at radius 3 is 2.14 bits per heavy atom. The van der Waals surface area contributed by atoms with Crippen molar-refractivity contribution >= 4 is 46.2 Å². The number of nitrogens with one attached hydrogen (secondary N) is 1. The summed E-state index contributed by atoms with van der Waals surface area (Å²) in [5.74, 6) is 0. The maximum absolute atomic E-state index is 6.06. The second kappa shape index (κ2) is 6.89. The highest BCUT2D eigenvalue weighted by molar-refractivity contribution is 7.80. The lowest BCUT2D eigenvalue weighted by atomic mass is 10.0. The van der Waals surface area contributed by atoms with Gasteiger partial charge in [0.05, 0.1) is 5.71 Å². The lowest BCUT2D eigenvalue weighted by molar-refractivity contribution is 1.03. The highest BCUT2D eigenvalue weighted by atomic mass is 35.5. The van der Waals surface area contributed by atoms with Gasteiger partial charge in [-0.1, -0.05) is 53.0 Å². The summed E-state index contributed by atoms with van der Waals surface area (Å²) in [6.07, 6.45) is 0. The first kappa shape index (κ1) is 15.8. The monoisotopic (exact) mass is 337 g/mol. The topological polar surface area (TPSA) is 50.4 Å². The summed E-state index contributed by atoms with van der Waals surface area (Å²) in [6, 6.07) is 13.2. The number of hydrogen-bond donors (Lipinski definition) is 2. The second-order valence-corrected chi connectivity index (χ2v) is 5.77. The lowest BCUT2D eigenvalue weighted by Gasteiger charge is -2.09. The summed E-state index contributed by atoms with van der Waals surface area (Å²) in [4.78, 5) is 0. The average molecular weight is 338 g/mol. The first-order valence-corrected chi connectivity index (χ1v) is 7.29. The third-order valence-electron chi connectivity index (χ3n) is 2.74. The maximum Gasteiger partial charge on any atom is 0.184 e. The van der Waals surface area contributed by atoms with Gasteiger partial charge in [0, 0.05) is 21.2 Å². The van der Waals surface area contributed by atoms with Crippen molar-refractivity contribution in [1.29, 1.82) is 0 Å². The van der Waals surface area contributed by atoms with Gasteiger partial charge < -0.3 is 5.73 Å². The number of nitrogens with two attached hydrogens (primary N) is 1. The molecule has 0 saturated carbocycles. The fourth-order valence-corrected chi connectivity index (χ4v) is 2.38. The molecule has 0 aliphatic carbocycles. The molecular weight excluding hydrogens is 325 g/mol. The van der Waals surface area contributed by atoms with E-state index in [9.17, 15) is 0 Å². The minimum Gasteiger partial charge on any atom is -0.375 e. The van der Waals surface area contributed by atoms with E-state index in [4.69, 9.17) is 41.2 Å². The van der Waals surface area contributed by atoms with Crippen molar-refractivity contribution in [2.24, 2.45) is 10.8 Å². The maximum atomic E-state index is 6.06. The summed E-state index contributed by atoms with van der Waals surface area (Å²) in [5, 5.41) is 5.42. The standard InChI is InChI=1S/C15H13Cl2N3S/c1-9-2-4-10(5-3-9)14(19-20-15(18)21)11-6-12(16)8-13(17)7-11/h2-8H,1H3,(H3,18,20,21)/b19-14-. The van der Waals surface area contributed by atoms with Crippen LogP contribution < -0.4 is 11.2 Å². The molecule has 2 aromatic rings. The first-order chi connectivity index (χ1) is 9.95. The number of thiocarbonyl (C=S) groups is 1. The van der Waals surface area contributed by atoms with Gasteiger partial charge in [-0.25, -0.2) is 0 Å². The molecule has 3 nitrogen and oxygen atoms in total. The van der Waals surface area contributed by atoms with E-state index in [1.54, 1.807) is 18.2 Å². The molecule has 0 heterocycles. The van der Waals surface area contributed by atoms with E-state index in [2.05, 4.69) is 10.5 Å². The molecule has 2 aromatic carbocycles. The Labute approximate surface area is 138 Å². The Kier molecular flexibility index (Phi) is 5.17. The lowest BCUT2D eigenvalue weighted by Crippen LogP contribution is -2.26. The van der Waals surface area contributed by atoms with Gasteiger partial charge >= 0.3 is 0 Å². The zero-order valence-corrected chi connectivity index (χ0v) is 13.6. The largest absolute Gasteiger partial charge is 0.375 e. The van der Waals surface area contributed by atoms with Crippen molar-refractivity contribution in [2.75, 3.05) is 0 Å². The third-order valence-corrected chi connectivity index (χ3v) is 3.27. The number of aryl methyl sites for hydroxylation is 1. The number of hydrogen-bond acceptors (Lipinski definition) is 2. The molecule has 0 aliphatic rings. The minimum atomic E-state index is 0.0905. The molecular formula is C15H13Cl2N3S. The summed E-state index contributed by atoms with van der Waals surface area (Å²) in [5.41, 5.74) is 11.5. The zero-order valence-electron chi connectivity index (χ0n) is 11.2. The SMILES string of the molecule is Cc1ccc(/C(=N/NC(N)=S)c2cc(Cl)cc(Cl)c2)cc1. The van der Waals surface area contributed by atoms with Crippen molar-refractivity contribution < 1.29 is 0 Å². The highest BCUT2D eigenvalue weighted by Gasteiger charge is 2.09. The van der Waals surface area contributed by atoms with Gasteiger partial charge in [0.1, 0.15) is 0 Å². The van der Waals surface area contributed by atoms with Crippen molar-refractivity contribution in [3.8, 4) is 0 Å². The van der Waals surface area contributed by atoms with Gasteiger partial charge in [-0.3, -0.25) is 5.43 Å². The van der Waals surface area contributed by atoms with Crippen LogP contribution in [0.25, 0.3) is 0 Å². The normalized spacial score (nSPS) is 11.3. The average Bonchev–Trinajstić information content (AvgIpc) is 2.39. The predicted octanol–water partition coefficient (Wildman–Crippen LogP) is 3.89. The van der Waals surface area contributed by atoms with Crippen molar-refractivity contribution in [3.63, 3.8) is 0 Å². The van der Waals surface area contributed by atoms with Crippen LogP contribution in [0.4, 0.5) is 0 Å². The molecule has 0 fully saturated rings. The summed E-state index contributed by atoms with van der Waals surface area (Å²) in [6.45, 7) is 2.02. The molecule has 0 saturated heterocycles. The van der Waals surface area contributed by atoms with E-state index in [0.717, 1.165) is 16.7 Å². The number of rotatable bonds is 3. The van der Waals surface area contributed by atoms with E-state index in [1.165, 1.54) is 0 Å². The molecule has 0 unspecified atom stereocenters. The molecule has 3 N–H and O–H groups in total. The molecule has 6 heteroatoms. The Hall–Kier alpha value is -1.62. The van der Waals surface area contributed by atoms with Crippen LogP contribution in [0.1, 0.15) is 16.7 Å². The van der Waals surface area contributed by atoms with Crippen molar-refractivity contribution in [3.05, 3.63) is 69.2 Å². The van der Waals surface area contributed by atoms with Crippen LogP contribution in [0, 0.1) is 6.92 Å². The van der Waals surface area contributed by atoms with Gasteiger partial charge in [-0.2, -0.15) is 5.10 Å². The van der Waals surface area contributed by atoms with E-state index in [0.29, 0.717) is 15.8 Å². The Balaban J connectivity index is 2.52. The number of benzene rings is 2. The smallest absolute Gasteiger partial charge is 0.184 e. The van der Waals surface area contributed by atoms with Crippen LogP contribution in [0.2, 0.25) is 10.0 Å². The van der Waals surface area contributed by atoms with Gasteiger partial charge in [0.15, 0.2) is 5.11 Å². The number of hydrazone groups is 1. The van der Waals surface area contributed by atoms with Crippen LogP contribution in [0.5, 0.6) is 0 Å². The summed E-state index contributed by atoms with van der Waals surface area (Å²) in [7, 11) is 0. The highest BCUT2D eigenvalue weighted by Crippen LogP contribution is 2.22. The molecule has 0 radical (unpaired) electrons. The van der Waals surface area contributed by atoms with Gasteiger partial charge in [0.25, 0.3) is 0 Å². The molecule has 0 atom stereocenters. The van der Waals surface area contributed by atoms with Crippen LogP contribution in [0.3, 0.4) is 0 Å². The first-order valence-electron chi connectivity index (χ1n) is 6.12. The van der Waals surface area contributed by atoms with Crippen LogP contribution in [-0.2, 0) is 0 Å². The molecule has 0 amide bonds. The van der Waals surface area contributed by atoms with Crippen molar-refractivity contribution in [2.45, 2.75) is 6.92 Å². The van der Waals surface area contributed by atoms with Gasteiger partial charge in [0.2, 0.25) is 0 Å². The molecule has 108 valence electrons. The van der Waals surface area contributed by atoms with E-state index >= 15 is 0 Å². The van der Waals surface area contributed by atoms with Gasteiger partial charge in [-0.15, -0.1) is 0 Å². The van der Waals surface area contributed by atoms with Gasteiger partial charge in [-0.05, 0) is 37.3 Å². The minimum absolute atomic E-state index is 0.0905. The summed E-state index contributed by atoms with van der Waals surface area (Å²) < 4.78 is 0. The molecule has 0 aromatic heterocycles. The third kappa shape index (κ3) is 4.43. The van der Waals surface area contributed by atoms with Crippen LogP contribution in [-0.4, -0.2) is 10.8 Å². The molecule has 0 aliphatic heterocycles. The fraction of sp³-hybridized carbons (Fsp3) is 0.0667. The fourth-order valence-electron chi connectivity index (χ4n) is 1.81. The molecule has 0 spiro atoms. The van der Waals surface area contributed by atoms with Crippen LogP contribution >= 0.6 is 35.4 Å². The quantitative estimate of drug-likeness (QED) is 0.507. The van der Waals surface area contributed by atoms with Crippen molar-refractivity contribution in [1.82, 2.24) is 5.43 Å². The zero-order chi connectivity index (χ0) is 15.4. The van der Waals surface area contributed by atoms with E-state index in [1.807, 2.05) is 31.2 Å². The Morgan fingerprint density at radius 2 is 1.62 bits per heavy atom. The Morgan fingerprint density at radius 1 is 1.05 bits per heavy atom. The second-order valence-electron chi connectivity index (χ2n) is 4.46. The summed E-state index contributed by atoms with van der Waals surface area (Å²) >= 11 is 16.9. The van der Waals surface area contributed by atoms with Crippen LogP contribution in [0.15, 0.2) is 47.6 Å². The number of halogens is 2. The predicted molar refractivity (Wildman–Crippen MR) is 93.2 cm³/mol. The Bertz CT molecular complexity index is 676. The van der Waals surface area contributed by atoms with E-state index in [-0.39, 0.29) is 5.11 Å². The molecule has 0 bridgehead atoms. The van der Waals surface area contributed by atoms with E-state index < -0.39 is 0 Å². The molecule has 21 heavy (non-hydrogen) atoms. The molecule has 2 rings (SSSR count). The number of nitrogens with zero attached hydrogens (tertiary/aromatic N) is 1.